The van der Waals surface area contributed by atoms with Gasteiger partial charge in [0.2, 0.25) is 0 Å². The van der Waals surface area contributed by atoms with Crippen molar-refractivity contribution in [3.8, 4) is 11.4 Å². The Morgan fingerprint density at radius 2 is 1.82 bits per heavy atom. The Kier molecular flexibility index (Phi) is 2.23. The number of phenolic OH excluding ortho intramolecular Hbond substituents is 1. The normalized spacial score (nSPS) is 10.9. The van der Waals surface area contributed by atoms with Gasteiger partial charge in [0, 0.05) is 6.07 Å². The number of rotatable bonds is 1. The van der Waals surface area contributed by atoms with Gasteiger partial charge in [0.15, 0.2) is 0 Å². The average molecular weight is 245 g/mol. The zero-order valence-electron chi connectivity index (χ0n) is 8.63. The summed E-state index contributed by atoms with van der Waals surface area (Å²) >= 11 is 5.83. The monoisotopic (exact) mass is 244 g/mol. The third-order valence-corrected chi connectivity index (χ3v) is 2.59. The van der Waals surface area contributed by atoms with Crippen molar-refractivity contribution in [2.75, 3.05) is 0 Å². The molecule has 0 saturated carbocycles. The van der Waals surface area contributed by atoms with Crippen molar-refractivity contribution in [2.45, 2.75) is 0 Å². The number of benzene rings is 2. The highest BCUT2D eigenvalue weighted by molar-refractivity contribution is 6.30. The molecule has 0 fully saturated rings. The maximum Gasteiger partial charge on any atom is 0.143 e. The highest BCUT2D eigenvalue weighted by atomic mass is 35.5. The van der Waals surface area contributed by atoms with E-state index in [1.807, 2.05) is 24.3 Å². The predicted molar refractivity (Wildman–Crippen MR) is 64.4 cm³/mol. The summed E-state index contributed by atoms with van der Waals surface area (Å²) in [5, 5.41) is 18.6. The molecule has 1 N–H and O–H groups in total. The van der Waals surface area contributed by atoms with Gasteiger partial charge in [0.25, 0.3) is 0 Å². The van der Waals surface area contributed by atoms with E-state index in [0.717, 1.165) is 11.0 Å². The average Bonchev–Trinajstić information content (AvgIpc) is 2.75. The summed E-state index contributed by atoms with van der Waals surface area (Å²) < 4.78 is 0. The minimum absolute atomic E-state index is 0.0368. The lowest BCUT2D eigenvalue weighted by Crippen LogP contribution is -1.98. The molecule has 1 heterocycles. The lowest BCUT2D eigenvalue weighted by atomic mass is 10.3. The van der Waals surface area contributed by atoms with E-state index in [4.69, 9.17) is 11.6 Å². The van der Waals surface area contributed by atoms with Crippen LogP contribution in [0.3, 0.4) is 0 Å². The minimum atomic E-state index is 0.0368. The fourth-order valence-electron chi connectivity index (χ4n) is 1.57. The van der Waals surface area contributed by atoms with E-state index in [9.17, 15) is 5.11 Å². The van der Waals surface area contributed by atoms with E-state index < -0.39 is 0 Å². The molecule has 0 spiro atoms. The number of aromatic hydroxyl groups is 1. The van der Waals surface area contributed by atoms with Gasteiger partial charge in [-0.25, -0.2) is 0 Å². The molecule has 0 atom stereocenters. The molecule has 0 saturated heterocycles. The molecule has 3 aromatic rings. The number of halogens is 1. The van der Waals surface area contributed by atoms with Gasteiger partial charge in [-0.15, -0.1) is 15.0 Å². The van der Waals surface area contributed by atoms with Crippen molar-refractivity contribution in [2.24, 2.45) is 0 Å². The Morgan fingerprint density at radius 3 is 2.47 bits per heavy atom. The molecule has 1 aromatic heterocycles. The molecule has 1 radical (unpaired) electrons. The molecule has 83 valence electrons. The van der Waals surface area contributed by atoms with E-state index in [1.165, 1.54) is 10.9 Å². The Balaban J connectivity index is 2.23. The highest BCUT2D eigenvalue weighted by Gasteiger charge is 2.08. The zero-order valence-corrected chi connectivity index (χ0v) is 9.39. The van der Waals surface area contributed by atoms with Crippen LogP contribution in [0.5, 0.6) is 5.75 Å². The SMILES string of the molecule is Oc1c[c]c(Cl)cc1-n1nc2ccccc2n1. The number of fused-ring (bicyclic) bond motifs is 1. The van der Waals surface area contributed by atoms with Crippen molar-refractivity contribution in [3.63, 3.8) is 0 Å². The molecule has 4 nitrogen and oxygen atoms in total. The van der Waals surface area contributed by atoms with Crippen LogP contribution in [0, 0.1) is 6.07 Å². The van der Waals surface area contributed by atoms with Crippen LogP contribution in [-0.4, -0.2) is 20.1 Å². The van der Waals surface area contributed by atoms with Crippen LogP contribution in [0.1, 0.15) is 0 Å². The van der Waals surface area contributed by atoms with Gasteiger partial charge in [0.1, 0.15) is 22.5 Å². The summed E-state index contributed by atoms with van der Waals surface area (Å²) in [6, 6.07) is 13.1. The van der Waals surface area contributed by atoms with Gasteiger partial charge in [-0.3, -0.25) is 0 Å². The Morgan fingerprint density at radius 1 is 1.18 bits per heavy atom. The first-order valence-electron chi connectivity index (χ1n) is 4.97. The Labute approximate surface area is 102 Å². The third-order valence-electron chi connectivity index (χ3n) is 2.37. The number of phenols is 1. The molecule has 3 rings (SSSR count). The highest BCUT2D eigenvalue weighted by Crippen LogP contribution is 2.24. The molecule has 0 amide bonds. The molecule has 17 heavy (non-hydrogen) atoms. The van der Waals surface area contributed by atoms with Crippen molar-refractivity contribution in [1.29, 1.82) is 0 Å². The lowest BCUT2D eigenvalue weighted by molar-refractivity contribution is 0.467. The van der Waals surface area contributed by atoms with Gasteiger partial charge in [-0.05, 0) is 24.3 Å². The number of aromatic nitrogens is 3. The molecule has 0 unspecified atom stereocenters. The Bertz CT molecular complexity index is 660. The molecule has 0 aliphatic heterocycles. The van der Waals surface area contributed by atoms with E-state index in [-0.39, 0.29) is 5.75 Å². The maximum absolute atomic E-state index is 9.72. The molecular formula is C12H7ClN3O. The molecule has 0 bridgehead atoms. The summed E-state index contributed by atoms with van der Waals surface area (Å²) in [6.07, 6.45) is 0. The molecule has 0 aliphatic carbocycles. The minimum Gasteiger partial charge on any atom is -0.506 e. The van der Waals surface area contributed by atoms with Crippen LogP contribution in [0.2, 0.25) is 5.02 Å². The van der Waals surface area contributed by atoms with Gasteiger partial charge in [-0.1, -0.05) is 23.7 Å². The number of hydrogen-bond donors (Lipinski definition) is 1. The standard InChI is InChI=1S/C12H7ClN3O/c13-8-5-6-12(17)11(7-8)16-14-9-3-1-2-4-10(9)15-16/h1-4,6-7,17H. The summed E-state index contributed by atoms with van der Waals surface area (Å²) in [6.45, 7) is 0. The van der Waals surface area contributed by atoms with E-state index in [1.54, 1.807) is 6.07 Å². The summed E-state index contributed by atoms with van der Waals surface area (Å²) in [7, 11) is 0. The van der Waals surface area contributed by atoms with Crippen LogP contribution in [0.25, 0.3) is 16.7 Å². The Hall–Kier alpha value is -2.07. The van der Waals surface area contributed by atoms with Crippen molar-refractivity contribution in [3.05, 3.63) is 47.5 Å². The van der Waals surface area contributed by atoms with E-state index in [2.05, 4.69) is 16.3 Å². The number of hydrogen-bond acceptors (Lipinski definition) is 3. The number of nitrogens with zero attached hydrogens (tertiary/aromatic N) is 3. The molecule has 2 aromatic carbocycles. The van der Waals surface area contributed by atoms with Gasteiger partial charge in [0.05, 0.1) is 5.02 Å². The first kappa shape index (κ1) is 10.1. The largest absolute Gasteiger partial charge is 0.506 e. The topological polar surface area (TPSA) is 50.9 Å². The lowest BCUT2D eigenvalue weighted by Gasteiger charge is -2.02. The third kappa shape index (κ3) is 1.72. The summed E-state index contributed by atoms with van der Waals surface area (Å²) in [5.41, 5.74) is 1.96. The predicted octanol–water partition coefficient (Wildman–Crippen LogP) is 2.58. The molecular weight excluding hydrogens is 238 g/mol. The van der Waals surface area contributed by atoms with Crippen LogP contribution < -0.4 is 0 Å². The van der Waals surface area contributed by atoms with Crippen molar-refractivity contribution < 1.29 is 5.11 Å². The van der Waals surface area contributed by atoms with Crippen LogP contribution >= 0.6 is 11.6 Å². The smallest absolute Gasteiger partial charge is 0.143 e. The fraction of sp³-hybridized carbons (Fsp3) is 0. The second kappa shape index (κ2) is 3.75. The van der Waals surface area contributed by atoms with Crippen molar-refractivity contribution >= 4 is 22.6 Å². The van der Waals surface area contributed by atoms with E-state index >= 15 is 0 Å². The molecule has 5 heteroatoms. The maximum atomic E-state index is 9.72. The summed E-state index contributed by atoms with van der Waals surface area (Å²) in [5.74, 6) is 0.0368. The first-order valence-corrected chi connectivity index (χ1v) is 5.34. The summed E-state index contributed by atoms with van der Waals surface area (Å²) in [4.78, 5) is 1.36. The van der Waals surface area contributed by atoms with E-state index in [0.29, 0.717) is 10.7 Å². The van der Waals surface area contributed by atoms with Gasteiger partial charge >= 0.3 is 0 Å². The van der Waals surface area contributed by atoms with Crippen molar-refractivity contribution in [1.82, 2.24) is 15.0 Å². The quantitative estimate of drug-likeness (QED) is 0.716. The fourth-order valence-corrected chi connectivity index (χ4v) is 1.73. The second-order valence-corrected chi connectivity index (χ2v) is 3.94. The zero-order chi connectivity index (χ0) is 11.8. The second-order valence-electron chi connectivity index (χ2n) is 3.53. The van der Waals surface area contributed by atoms with Crippen LogP contribution in [-0.2, 0) is 0 Å². The van der Waals surface area contributed by atoms with Gasteiger partial charge < -0.3 is 5.11 Å². The molecule has 0 aliphatic rings. The first-order chi connectivity index (χ1) is 8.24. The van der Waals surface area contributed by atoms with Crippen LogP contribution in [0.4, 0.5) is 0 Å². The van der Waals surface area contributed by atoms with Crippen LogP contribution in [0.15, 0.2) is 36.4 Å². The van der Waals surface area contributed by atoms with Gasteiger partial charge in [-0.2, -0.15) is 0 Å².